The molecule has 13 heavy (non-hydrogen) atoms. The van der Waals surface area contributed by atoms with Crippen molar-refractivity contribution in [3.05, 3.63) is 0 Å². The Bertz CT molecular complexity index is 95.3. The predicted molar refractivity (Wildman–Crippen MR) is 62.4 cm³/mol. The lowest BCUT2D eigenvalue weighted by molar-refractivity contribution is 0.275. The van der Waals surface area contributed by atoms with Gasteiger partial charge in [-0.1, -0.05) is 52.9 Å². The van der Waals surface area contributed by atoms with E-state index >= 15 is 0 Å². The monoisotopic (exact) mass is 204 g/mol. The van der Waals surface area contributed by atoms with E-state index in [4.69, 9.17) is 11.6 Å². The van der Waals surface area contributed by atoms with Crippen LogP contribution in [0.4, 0.5) is 0 Å². The number of hydrogen-bond donors (Lipinski definition) is 0. The second kappa shape index (κ2) is 8.87. The van der Waals surface area contributed by atoms with Crippen LogP contribution in [0.1, 0.15) is 59.3 Å². The Morgan fingerprint density at radius 2 is 1.38 bits per heavy atom. The van der Waals surface area contributed by atoms with Gasteiger partial charge >= 0.3 is 0 Å². The van der Waals surface area contributed by atoms with Gasteiger partial charge in [-0.05, 0) is 18.3 Å². The van der Waals surface area contributed by atoms with Gasteiger partial charge in [0.15, 0.2) is 0 Å². The molecule has 0 amide bonds. The molecular formula is C12H25Cl. The van der Waals surface area contributed by atoms with Crippen LogP contribution in [0.2, 0.25) is 0 Å². The molecule has 0 N–H and O–H groups in total. The number of hydrogen-bond acceptors (Lipinski definition) is 0. The van der Waals surface area contributed by atoms with Crippen molar-refractivity contribution in [1.29, 1.82) is 0 Å². The Balaban J connectivity index is 3.94. The highest BCUT2D eigenvalue weighted by atomic mass is 35.5. The molecule has 0 saturated heterocycles. The van der Waals surface area contributed by atoms with Gasteiger partial charge in [0.1, 0.15) is 0 Å². The van der Waals surface area contributed by atoms with Gasteiger partial charge < -0.3 is 0 Å². The Hall–Kier alpha value is 0.290. The summed E-state index contributed by atoms with van der Waals surface area (Å²) in [7, 11) is 0. The van der Waals surface area contributed by atoms with E-state index in [1.165, 1.54) is 38.5 Å². The van der Waals surface area contributed by atoms with Crippen molar-refractivity contribution >= 4 is 11.6 Å². The van der Waals surface area contributed by atoms with E-state index in [0.29, 0.717) is 0 Å². The highest BCUT2D eigenvalue weighted by molar-refractivity contribution is 6.17. The van der Waals surface area contributed by atoms with Gasteiger partial charge in [-0.15, -0.1) is 11.6 Å². The molecule has 0 aromatic carbocycles. The summed E-state index contributed by atoms with van der Waals surface area (Å²) in [5.74, 6) is 2.64. The molecule has 0 bridgehead atoms. The standard InChI is InChI=1S/C12H25Cl/c1-4-7-12(8-5-2)11(6-3)9-10-13/h11-12H,4-10H2,1-3H3. The van der Waals surface area contributed by atoms with Crippen molar-refractivity contribution in [2.24, 2.45) is 11.8 Å². The van der Waals surface area contributed by atoms with Gasteiger partial charge in [-0.25, -0.2) is 0 Å². The molecule has 0 spiro atoms. The van der Waals surface area contributed by atoms with Crippen molar-refractivity contribution in [3.8, 4) is 0 Å². The molecule has 0 radical (unpaired) electrons. The summed E-state index contributed by atoms with van der Waals surface area (Å²) in [4.78, 5) is 0. The molecule has 80 valence electrons. The topological polar surface area (TPSA) is 0 Å². The smallest absolute Gasteiger partial charge is 0.0226 e. The molecule has 0 fully saturated rings. The molecule has 0 rings (SSSR count). The number of halogens is 1. The fourth-order valence-electron chi connectivity index (χ4n) is 2.27. The third-order valence-electron chi connectivity index (χ3n) is 2.99. The molecule has 1 atom stereocenters. The van der Waals surface area contributed by atoms with Crippen LogP contribution in [0.15, 0.2) is 0 Å². The molecule has 0 aromatic rings. The minimum atomic E-state index is 0.836. The van der Waals surface area contributed by atoms with Crippen molar-refractivity contribution < 1.29 is 0 Å². The summed E-state index contributed by atoms with van der Waals surface area (Å²) in [5.41, 5.74) is 0. The van der Waals surface area contributed by atoms with Crippen molar-refractivity contribution in [2.45, 2.75) is 59.3 Å². The third-order valence-corrected chi connectivity index (χ3v) is 3.21. The largest absolute Gasteiger partial charge is 0.127 e. The molecule has 1 unspecified atom stereocenters. The normalized spacial score (nSPS) is 13.6. The van der Waals surface area contributed by atoms with E-state index in [-0.39, 0.29) is 0 Å². The molecule has 0 aliphatic rings. The fraction of sp³-hybridized carbons (Fsp3) is 1.00. The van der Waals surface area contributed by atoms with Crippen LogP contribution in [-0.2, 0) is 0 Å². The van der Waals surface area contributed by atoms with Crippen LogP contribution in [0, 0.1) is 11.8 Å². The molecule has 0 nitrogen and oxygen atoms in total. The quantitative estimate of drug-likeness (QED) is 0.496. The SMILES string of the molecule is CCCC(CCC)C(CC)CCCl. The summed E-state index contributed by atoms with van der Waals surface area (Å²) in [5, 5.41) is 0. The van der Waals surface area contributed by atoms with Crippen molar-refractivity contribution in [1.82, 2.24) is 0 Å². The van der Waals surface area contributed by atoms with Gasteiger partial charge in [0, 0.05) is 5.88 Å². The van der Waals surface area contributed by atoms with Crippen LogP contribution >= 0.6 is 11.6 Å². The summed E-state index contributed by atoms with van der Waals surface area (Å²) in [6.07, 6.45) is 7.94. The Morgan fingerprint density at radius 3 is 1.69 bits per heavy atom. The second-order valence-corrected chi connectivity index (χ2v) is 4.36. The van der Waals surface area contributed by atoms with E-state index in [9.17, 15) is 0 Å². The zero-order valence-corrected chi connectivity index (χ0v) is 10.2. The molecule has 0 aromatic heterocycles. The van der Waals surface area contributed by atoms with Gasteiger partial charge in [0.05, 0.1) is 0 Å². The molecule has 0 saturated carbocycles. The van der Waals surface area contributed by atoms with Crippen LogP contribution in [0.3, 0.4) is 0 Å². The average molecular weight is 205 g/mol. The maximum absolute atomic E-state index is 5.82. The Kier molecular flexibility index (Phi) is 9.07. The zero-order chi connectivity index (χ0) is 10.1. The highest BCUT2D eigenvalue weighted by Gasteiger charge is 2.17. The zero-order valence-electron chi connectivity index (χ0n) is 9.48. The minimum Gasteiger partial charge on any atom is -0.127 e. The minimum absolute atomic E-state index is 0.836. The lowest BCUT2D eigenvalue weighted by Gasteiger charge is -2.25. The maximum Gasteiger partial charge on any atom is 0.0226 e. The van der Waals surface area contributed by atoms with Crippen LogP contribution < -0.4 is 0 Å². The molecule has 1 heteroatoms. The number of alkyl halides is 1. The van der Waals surface area contributed by atoms with Gasteiger partial charge in [0.2, 0.25) is 0 Å². The molecule has 0 heterocycles. The van der Waals surface area contributed by atoms with E-state index in [1.54, 1.807) is 0 Å². The van der Waals surface area contributed by atoms with Gasteiger partial charge in [0.25, 0.3) is 0 Å². The van der Waals surface area contributed by atoms with Crippen LogP contribution in [0.25, 0.3) is 0 Å². The Morgan fingerprint density at radius 1 is 0.846 bits per heavy atom. The lowest BCUT2D eigenvalue weighted by atomic mass is 9.82. The molecular weight excluding hydrogens is 180 g/mol. The van der Waals surface area contributed by atoms with Crippen molar-refractivity contribution in [2.75, 3.05) is 5.88 Å². The highest BCUT2D eigenvalue weighted by Crippen LogP contribution is 2.28. The van der Waals surface area contributed by atoms with E-state index < -0.39 is 0 Å². The van der Waals surface area contributed by atoms with E-state index in [2.05, 4.69) is 20.8 Å². The first-order valence-electron chi connectivity index (χ1n) is 5.85. The van der Waals surface area contributed by atoms with Gasteiger partial charge in [-0.3, -0.25) is 0 Å². The predicted octanol–water partition coefficient (Wildman–Crippen LogP) is 4.86. The van der Waals surface area contributed by atoms with Crippen LogP contribution in [0.5, 0.6) is 0 Å². The van der Waals surface area contributed by atoms with E-state index in [1.807, 2.05) is 0 Å². The lowest BCUT2D eigenvalue weighted by Crippen LogP contribution is -2.14. The number of rotatable bonds is 8. The second-order valence-electron chi connectivity index (χ2n) is 3.98. The summed E-state index contributed by atoms with van der Waals surface area (Å²) in [6.45, 7) is 6.88. The first-order chi connectivity index (χ1) is 6.29. The fourth-order valence-corrected chi connectivity index (χ4v) is 2.55. The maximum atomic E-state index is 5.82. The summed E-state index contributed by atoms with van der Waals surface area (Å²) < 4.78 is 0. The van der Waals surface area contributed by atoms with E-state index in [0.717, 1.165) is 17.7 Å². The first kappa shape index (κ1) is 13.3. The Labute approximate surface area is 89.1 Å². The third kappa shape index (κ3) is 5.57. The molecule has 0 aliphatic heterocycles. The first-order valence-corrected chi connectivity index (χ1v) is 6.39. The summed E-state index contributed by atoms with van der Waals surface area (Å²) >= 11 is 5.82. The summed E-state index contributed by atoms with van der Waals surface area (Å²) in [6, 6.07) is 0. The van der Waals surface area contributed by atoms with Gasteiger partial charge in [-0.2, -0.15) is 0 Å². The molecule has 0 aliphatic carbocycles. The van der Waals surface area contributed by atoms with Crippen molar-refractivity contribution in [3.63, 3.8) is 0 Å². The van der Waals surface area contributed by atoms with Crippen LogP contribution in [-0.4, -0.2) is 5.88 Å². The average Bonchev–Trinajstić information content (AvgIpc) is 2.14.